The predicted octanol–water partition coefficient (Wildman–Crippen LogP) is 1.47. The maximum absolute atomic E-state index is 12.0. The number of ether oxygens (including phenoxy) is 1. The Kier molecular flexibility index (Phi) is 3.34. The van der Waals surface area contributed by atoms with Gasteiger partial charge in [0.1, 0.15) is 0 Å². The summed E-state index contributed by atoms with van der Waals surface area (Å²) in [4.78, 5) is 0.324. The van der Waals surface area contributed by atoms with Crippen LogP contribution in [0.4, 0.5) is 0 Å². The molecule has 88 valence electrons. The first-order valence-electron chi connectivity index (χ1n) is 4.82. The second-order valence-electron chi connectivity index (χ2n) is 3.63. The monoisotopic (exact) mass is 305 g/mol. The molecule has 0 amide bonds. The van der Waals surface area contributed by atoms with E-state index in [1.165, 1.54) is 4.31 Å². The summed E-state index contributed by atoms with van der Waals surface area (Å²) in [6.07, 6.45) is 0.0326. The fourth-order valence-corrected chi connectivity index (χ4v) is 3.27. The molecule has 1 aliphatic rings. The van der Waals surface area contributed by atoms with Crippen LogP contribution in [0.25, 0.3) is 0 Å². The summed E-state index contributed by atoms with van der Waals surface area (Å²) in [5.41, 5.74) is 0. The van der Waals surface area contributed by atoms with Crippen LogP contribution in [0.2, 0.25) is 0 Å². The average molecular weight is 306 g/mol. The molecule has 0 radical (unpaired) electrons. The van der Waals surface area contributed by atoms with Crippen LogP contribution >= 0.6 is 15.9 Å². The van der Waals surface area contributed by atoms with Gasteiger partial charge in [0, 0.05) is 24.7 Å². The first-order chi connectivity index (χ1) is 7.54. The molecule has 1 fully saturated rings. The molecule has 4 nitrogen and oxygen atoms in total. The summed E-state index contributed by atoms with van der Waals surface area (Å²) in [6, 6.07) is 6.64. The standard InChI is InChI=1S/C10H12BrNO3S/c1-15-9-6-12(7-9)16(13,14)10-4-2-8(11)3-5-10/h2-5,9H,6-7H2,1H3. The minimum Gasteiger partial charge on any atom is -0.379 e. The molecule has 2 rings (SSSR count). The van der Waals surface area contributed by atoms with Gasteiger partial charge >= 0.3 is 0 Å². The lowest BCUT2D eigenvalue weighted by Gasteiger charge is -2.36. The van der Waals surface area contributed by atoms with Gasteiger partial charge in [-0.2, -0.15) is 4.31 Å². The van der Waals surface area contributed by atoms with Gasteiger partial charge in [0.2, 0.25) is 10.0 Å². The van der Waals surface area contributed by atoms with Crippen molar-refractivity contribution in [2.24, 2.45) is 0 Å². The largest absolute Gasteiger partial charge is 0.379 e. The number of hydrogen-bond donors (Lipinski definition) is 0. The maximum Gasteiger partial charge on any atom is 0.243 e. The van der Waals surface area contributed by atoms with Gasteiger partial charge in [0.05, 0.1) is 11.0 Å². The van der Waals surface area contributed by atoms with E-state index in [9.17, 15) is 8.42 Å². The number of halogens is 1. The van der Waals surface area contributed by atoms with Gasteiger partial charge in [-0.05, 0) is 24.3 Å². The van der Waals surface area contributed by atoms with Crippen molar-refractivity contribution in [1.82, 2.24) is 4.31 Å². The van der Waals surface area contributed by atoms with Crippen LogP contribution in [0.5, 0.6) is 0 Å². The first kappa shape index (κ1) is 12.0. The highest BCUT2D eigenvalue weighted by Gasteiger charge is 2.36. The van der Waals surface area contributed by atoms with Crippen molar-refractivity contribution >= 4 is 26.0 Å². The normalized spacial score (nSPS) is 18.4. The number of sulfonamides is 1. The number of hydrogen-bond acceptors (Lipinski definition) is 3. The van der Waals surface area contributed by atoms with Crippen LogP contribution in [-0.4, -0.2) is 39.0 Å². The summed E-state index contributed by atoms with van der Waals surface area (Å²) < 4.78 is 31.4. The predicted molar refractivity (Wildman–Crippen MR) is 63.7 cm³/mol. The van der Waals surface area contributed by atoms with Gasteiger partial charge in [-0.1, -0.05) is 15.9 Å². The van der Waals surface area contributed by atoms with E-state index < -0.39 is 10.0 Å². The van der Waals surface area contributed by atoms with Crippen molar-refractivity contribution < 1.29 is 13.2 Å². The molecule has 1 aromatic rings. The van der Waals surface area contributed by atoms with Gasteiger partial charge < -0.3 is 4.74 Å². The molecule has 0 atom stereocenters. The molecule has 0 bridgehead atoms. The third-order valence-corrected chi connectivity index (χ3v) is 4.97. The quantitative estimate of drug-likeness (QED) is 0.849. The Bertz CT molecular complexity index is 465. The molecule has 16 heavy (non-hydrogen) atoms. The molecular formula is C10H12BrNO3S. The minimum atomic E-state index is -3.33. The molecule has 1 heterocycles. The van der Waals surface area contributed by atoms with Crippen LogP contribution in [-0.2, 0) is 14.8 Å². The first-order valence-corrected chi connectivity index (χ1v) is 7.06. The summed E-state index contributed by atoms with van der Waals surface area (Å²) in [6.45, 7) is 0.879. The molecule has 0 spiro atoms. The van der Waals surface area contributed by atoms with Crippen LogP contribution in [0, 0.1) is 0 Å². The second-order valence-corrected chi connectivity index (χ2v) is 6.49. The van der Waals surface area contributed by atoms with E-state index in [0.717, 1.165) is 4.47 Å². The van der Waals surface area contributed by atoms with E-state index >= 15 is 0 Å². The summed E-state index contributed by atoms with van der Waals surface area (Å²) in [5.74, 6) is 0. The van der Waals surface area contributed by atoms with Gasteiger partial charge in [-0.3, -0.25) is 0 Å². The van der Waals surface area contributed by atoms with Crippen molar-refractivity contribution in [2.75, 3.05) is 20.2 Å². The Morgan fingerprint density at radius 3 is 2.38 bits per heavy atom. The molecule has 1 aromatic carbocycles. The van der Waals surface area contributed by atoms with Crippen molar-refractivity contribution in [2.45, 2.75) is 11.0 Å². The van der Waals surface area contributed by atoms with E-state index in [1.54, 1.807) is 31.4 Å². The van der Waals surface area contributed by atoms with Crippen LogP contribution < -0.4 is 0 Å². The third kappa shape index (κ3) is 2.15. The molecule has 0 aromatic heterocycles. The van der Waals surface area contributed by atoms with Crippen molar-refractivity contribution in [3.63, 3.8) is 0 Å². The molecule has 1 aliphatic heterocycles. The van der Waals surface area contributed by atoms with Crippen LogP contribution in [0.15, 0.2) is 33.6 Å². The van der Waals surface area contributed by atoms with Gasteiger partial charge in [0.15, 0.2) is 0 Å². The van der Waals surface area contributed by atoms with E-state index in [2.05, 4.69) is 15.9 Å². The SMILES string of the molecule is COC1CN(S(=O)(=O)c2ccc(Br)cc2)C1. The lowest BCUT2D eigenvalue weighted by Crippen LogP contribution is -2.54. The smallest absolute Gasteiger partial charge is 0.243 e. The van der Waals surface area contributed by atoms with Crippen molar-refractivity contribution in [3.05, 3.63) is 28.7 Å². The highest BCUT2D eigenvalue weighted by molar-refractivity contribution is 9.10. The molecule has 0 unspecified atom stereocenters. The molecule has 0 saturated carbocycles. The van der Waals surface area contributed by atoms with E-state index in [1.807, 2.05) is 0 Å². The topological polar surface area (TPSA) is 46.6 Å². The number of benzene rings is 1. The zero-order valence-corrected chi connectivity index (χ0v) is 11.2. The molecular weight excluding hydrogens is 294 g/mol. The summed E-state index contributed by atoms with van der Waals surface area (Å²) >= 11 is 3.27. The van der Waals surface area contributed by atoms with Crippen LogP contribution in [0.1, 0.15) is 0 Å². The molecule has 6 heteroatoms. The highest BCUT2D eigenvalue weighted by atomic mass is 79.9. The molecule has 0 aliphatic carbocycles. The zero-order valence-electron chi connectivity index (χ0n) is 8.76. The Labute approximate surface area is 103 Å². The Morgan fingerprint density at radius 2 is 1.88 bits per heavy atom. The number of methoxy groups -OCH3 is 1. The highest BCUT2D eigenvalue weighted by Crippen LogP contribution is 2.23. The lowest BCUT2D eigenvalue weighted by atomic mass is 10.2. The maximum atomic E-state index is 12.0. The molecule has 1 saturated heterocycles. The van der Waals surface area contributed by atoms with Gasteiger partial charge in [-0.25, -0.2) is 8.42 Å². The lowest BCUT2D eigenvalue weighted by molar-refractivity contribution is 0.0125. The van der Waals surface area contributed by atoms with E-state index in [4.69, 9.17) is 4.74 Å². The fourth-order valence-electron chi connectivity index (χ4n) is 1.50. The summed E-state index contributed by atoms with van der Waals surface area (Å²) in [7, 11) is -1.74. The Hall–Kier alpha value is -0.430. The molecule has 0 N–H and O–H groups in total. The van der Waals surface area contributed by atoms with Gasteiger partial charge in [-0.15, -0.1) is 0 Å². The summed E-state index contributed by atoms with van der Waals surface area (Å²) in [5, 5.41) is 0. The van der Waals surface area contributed by atoms with Crippen LogP contribution in [0.3, 0.4) is 0 Å². The Morgan fingerprint density at radius 1 is 1.31 bits per heavy atom. The van der Waals surface area contributed by atoms with Crippen molar-refractivity contribution in [3.8, 4) is 0 Å². The van der Waals surface area contributed by atoms with E-state index in [0.29, 0.717) is 18.0 Å². The van der Waals surface area contributed by atoms with E-state index in [-0.39, 0.29) is 6.10 Å². The Balaban J connectivity index is 2.17. The number of nitrogens with zero attached hydrogens (tertiary/aromatic N) is 1. The number of rotatable bonds is 3. The second kappa shape index (κ2) is 4.44. The van der Waals surface area contributed by atoms with Gasteiger partial charge in [0.25, 0.3) is 0 Å². The zero-order chi connectivity index (χ0) is 11.8. The minimum absolute atomic E-state index is 0.0326. The average Bonchev–Trinajstić information content (AvgIpc) is 2.16. The third-order valence-electron chi connectivity index (χ3n) is 2.60. The van der Waals surface area contributed by atoms with Crippen molar-refractivity contribution in [1.29, 1.82) is 0 Å². The fraction of sp³-hybridized carbons (Fsp3) is 0.400.